The Balaban J connectivity index is 2.01. The van der Waals surface area contributed by atoms with Crippen LogP contribution >= 0.6 is 34.8 Å². The summed E-state index contributed by atoms with van der Waals surface area (Å²) in [6, 6.07) is 10.4. The van der Waals surface area contributed by atoms with E-state index in [0.29, 0.717) is 32.4 Å². The molecule has 0 saturated heterocycles. The molecule has 0 atom stereocenters. The van der Waals surface area contributed by atoms with Crippen molar-refractivity contribution >= 4 is 40.5 Å². The van der Waals surface area contributed by atoms with Gasteiger partial charge in [-0.05, 0) is 36.4 Å². The van der Waals surface area contributed by atoms with Crippen LogP contribution in [0, 0.1) is 0 Å². The Morgan fingerprint density at radius 1 is 0.905 bits per heavy atom. The fourth-order valence-electron chi connectivity index (χ4n) is 1.89. The molecule has 2 aromatic carbocycles. The van der Waals surface area contributed by atoms with Gasteiger partial charge in [-0.1, -0.05) is 34.8 Å². The predicted molar refractivity (Wildman–Crippen MR) is 86.7 cm³/mol. The van der Waals surface area contributed by atoms with Gasteiger partial charge < -0.3 is 5.73 Å². The second-order valence-electron chi connectivity index (χ2n) is 4.40. The number of rotatable bonds is 2. The van der Waals surface area contributed by atoms with E-state index < -0.39 is 0 Å². The van der Waals surface area contributed by atoms with Crippen LogP contribution in [0.15, 0.2) is 36.4 Å². The van der Waals surface area contributed by atoms with Crippen LogP contribution in [0.5, 0.6) is 0 Å². The van der Waals surface area contributed by atoms with E-state index in [1.54, 1.807) is 30.3 Å². The Morgan fingerprint density at radius 2 is 1.62 bits per heavy atom. The smallest absolute Gasteiger partial charge is 0.181 e. The van der Waals surface area contributed by atoms with E-state index in [0.717, 1.165) is 11.1 Å². The van der Waals surface area contributed by atoms with Crippen LogP contribution in [0.4, 0.5) is 5.69 Å². The largest absolute Gasteiger partial charge is 0.398 e. The fraction of sp³-hybridized carbons (Fsp3) is 0. The highest BCUT2D eigenvalue weighted by atomic mass is 35.5. The van der Waals surface area contributed by atoms with E-state index in [4.69, 9.17) is 40.5 Å². The van der Waals surface area contributed by atoms with Crippen molar-refractivity contribution in [3.63, 3.8) is 0 Å². The number of hydrogen-bond donors (Lipinski definition) is 2. The van der Waals surface area contributed by atoms with Crippen molar-refractivity contribution in [2.75, 3.05) is 5.73 Å². The van der Waals surface area contributed by atoms with Gasteiger partial charge in [0.25, 0.3) is 0 Å². The van der Waals surface area contributed by atoms with Crippen molar-refractivity contribution in [1.82, 2.24) is 15.2 Å². The minimum atomic E-state index is 0.484. The van der Waals surface area contributed by atoms with E-state index in [-0.39, 0.29) is 0 Å². The van der Waals surface area contributed by atoms with E-state index in [1.807, 2.05) is 6.07 Å². The molecule has 21 heavy (non-hydrogen) atoms. The molecule has 1 aromatic heterocycles. The van der Waals surface area contributed by atoms with Gasteiger partial charge in [0.15, 0.2) is 11.6 Å². The summed E-state index contributed by atoms with van der Waals surface area (Å²) in [6.45, 7) is 0. The average molecular weight is 340 g/mol. The van der Waals surface area contributed by atoms with Crippen molar-refractivity contribution in [3.05, 3.63) is 51.5 Å². The molecule has 3 rings (SSSR count). The summed E-state index contributed by atoms with van der Waals surface area (Å²) in [5.74, 6) is 1.09. The Labute approximate surface area is 135 Å². The number of H-pyrrole nitrogens is 1. The Bertz CT molecular complexity index is 793. The summed E-state index contributed by atoms with van der Waals surface area (Å²) in [7, 11) is 0. The van der Waals surface area contributed by atoms with Crippen molar-refractivity contribution in [2.45, 2.75) is 0 Å². The Hall–Kier alpha value is -1.75. The number of hydrogen-bond acceptors (Lipinski definition) is 3. The molecule has 4 nitrogen and oxygen atoms in total. The summed E-state index contributed by atoms with van der Waals surface area (Å²) in [5.41, 5.74) is 7.80. The maximum atomic E-state index is 5.98. The molecule has 0 fully saturated rings. The van der Waals surface area contributed by atoms with Crippen LogP contribution in [0.3, 0.4) is 0 Å². The van der Waals surface area contributed by atoms with Crippen LogP contribution in [-0.4, -0.2) is 15.2 Å². The lowest BCUT2D eigenvalue weighted by Gasteiger charge is -2.00. The molecule has 0 bridgehead atoms. The Kier molecular flexibility index (Phi) is 3.76. The maximum absolute atomic E-state index is 5.98. The van der Waals surface area contributed by atoms with Gasteiger partial charge in [0.1, 0.15) is 0 Å². The minimum Gasteiger partial charge on any atom is -0.398 e. The highest BCUT2D eigenvalue weighted by Crippen LogP contribution is 2.28. The highest BCUT2D eigenvalue weighted by molar-refractivity contribution is 6.35. The number of anilines is 1. The molecule has 3 aromatic rings. The number of nitrogens with two attached hydrogens (primary N) is 1. The van der Waals surface area contributed by atoms with E-state index in [9.17, 15) is 0 Å². The number of nitrogen functional groups attached to an aromatic ring is 1. The van der Waals surface area contributed by atoms with Crippen molar-refractivity contribution in [3.8, 4) is 22.8 Å². The van der Waals surface area contributed by atoms with Crippen LogP contribution in [0.1, 0.15) is 0 Å². The first-order chi connectivity index (χ1) is 10.0. The zero-order chi connectivity index (χ0) is 15.0. The number of halogens is 3. The SMILES string of the molecule is Nc1cc(-c2nc(-c3cc(Cl)cc(Cl)c3)n[nH]2)ccc1Cl. The molecule has 0 aliphatic carbocycles. The molecular formula is C14H9Cl3N4. The lowest BCUT2D eigenvalue weighted by molar-refractivity contribution is 1.10. The summed E-state index contributed by atoms with van der Waals surface area (Å²) in [5, 5.41) is 8.59. The molecule has 1 heterocycles. The van der Waals surface area contributed by atoms with E-state index in [2.05, 4.69) is 15.2 Å². The molecule has 0 radical (unpaired) electrons. The number of aromatic amines is 1. The van der Waals surface area contributed by atoms with Crippen molar-refractivity contribution in [2.24, 2.45) is 0 Å². The number of nitrogens with one attached hydrogen (secondary N) is 1. The van der Waals surface area contributed by atoms with Crippen LogP contribution in [0.25, 0.3) is 22.8 Å². The number of nitrogens with zero attached hydrogens (tertiary/aromatic N) is 2. The monoisotopic (exact) mass is 338 g/mol. The summed E-state index contributed by atoms with van der Waals surface area (Å²) in [4.78, 5) is 4.42. The zero-order valence-corrected chi connectivity index (χ0v) is 12.8. The predicted octanol–water partition coefficient (Wildman–Crippen LogP) is 4.68. The lowest BCUT2D eigenvalue weighted by Crippen LogP contribution is -1.88. The topological polar surface area (TPSA) is 67.6 Å². The molecule has 106 valence electrons. The van der Waals surface area contributed by atoms with E-state index >= 15 is 0 Å². The quantitative estimate of drug-likeness (QED) is 0.666. The third-order valence-corrected chi connectivity index (χ3v) is 3.66. The second kappa shape index (κ2) is 5.56. The second-order valence-corrected chi connectivity index (χ2v) is 5.68. The molecule has 7 heteroatoms. The van der Waals surface area contributed by atoms with Crippen LogP contribution < -0.4 is 5.73 Å². The van der Waals surface area contributed by atoms with Gasteiger partial charge in [-0.25, -0.2) is 4.98 Å². The van der Waals surface area contributed by atoms with Gasteiger partial charge in [-0.3, -0.25) is 5.10 Å². The van der Waals surface area contributed by atoms with Gasteiger partial charge >= 0.3 is 0 Å². The molecule has 0 aliphatic rings. The third kappa shape index (κ3) is 2.97. The zero-order valence-electron chi connectivity index (χ0n) is 10.6. The molecular weight excluding hydrogens is 331 g/mol. The fourth-order valence-corrected chi connectivity index (χ4v) is 2.54. The summed E-state index contributed by atoms with van der Waals surface area (Å²) in [6.07, 6.45) is 0. The first-order valence-corrected chi connectivity index (χ1v) is 7.10. The Morgan fingerprint density at radius 3 is 2.29 bits per heavy atom. The van der Waals surface area contributed by atoms with Crippen LogP contribution in [-0.2, 0) is 0 Å². The standard InChI is InChI=1S/C14H9Cl3N4/c15-9-3-8(4-10(16)6-9)14-19-13(20-21-14)7-1-2-11(17)12(18)5-7/h1-6H,18H2,(H,19,20,21). The highest BCUT2D eigenvalue weighted by Gasteiger charge is 2.10. The summed E-state index contributed by atoms with van der Waals surface area (Å²) >= 11 is 17.9. The average Bonchev–Trinajstić information content (AvgIpc) is 2.90. The minimum absolute atomic E-state index is 0.484. The molecule has 0 unspecified atom stereocenters. The number of aromatic nitrogens is 3. The first kappa shape index (κ1) is 14.2. The van der Waals surface area contributed by atoms with Gasteiger partial charge in [0, 0.05) is 21.2 Å². The molecule has 0 aliphatic heterocycles. The maximum Gasteiger partial charge on any atom is 0.181 e. The van der Waals surface area contributed by atoms with Gasteiger partial charge in [0.05, 0.1) is 10.7 Å². The van der Waals surface area contributed by atoms with Crippen LogP contribution in [0.2, 0.25) is 15.1 Å². The third-order valence-electron chi connectivity index (χ3n) is 2.88. The lowest BCUT2D eigenvalue weighted by atomic mass is 10.2. The molecule has 0 saturated carbocycles. The molecule has 0 amide bonds. The first-order valence-electron chi connectivity index (χ1n) is 5.97. The molecule has 0 spiro atoms. The summed E-state index contributed by atoms with van der Waals surface area (Å²) < 4.78 is 0. The van der Waals surface area contributed by atoms with Crippen molar-refractivity contribution in [1.29, 1.82) is 0 Å². The van der Waals surface area contributed by atoms with Gasteiger partial charge in [-0.2, -0.15) is 5.10 Å². The normalized spacial score (nSPS) is 10.8. The molecule has 3 N–H and O–H groups in total. The van der Waals surface area contributed by atoms with Gasteiger partial charge in [-0.15, -0.1) is 0 Å². The van der Waals surface area contributed by atoms with E-state index in [1.165, 1.54) is 0 Å². The number of benzene rings is 2. The van der Waals surface area contributed by atoms with Crippen molar-refractivity contribution < 1.29 is 0 Å². The van der Waals surface area contributed by atoms with Gasteiger partial charge in [0.2, 0.25) is 0 Å².